The van der Waals surface area contributed by atoms with Crippen LogP contribution in [0.25, 0.3) is 0 Å². The Morgan fingerprint density at radius 3 is 3.00 bits per heavy atom. The van der Waals surface area contributed by atoms with E-state index in [4.69, 9.17) is 0 Å². The van der Waals surface area contributed by atoms with Crippen LogP contribution >= 0.6 is 0 Å². The van der Waals surface area contributed by atoms with Gasteiger partial charge in [-0.3, -0.25) is 0 Å². The zero-order valence-electron chi connectivity index (χ0n) is 11.9. The third-order valence-corrected chi connectivity index (χ3v) is 4.86. The molecule has 1 aliphatic carbocycles. The number of rotatable bonds is 5. The molecule has 1 aromatic heterocycles. The van der Waals surface area contributed by atoms with Crippen LogP contribution in [0.5, 0.6) is 0 Å². The number of aromatic amines is 1. The molecule has 2 heterocycles. The van der Waals surface area contributed by atoms with Gasteiger partial charge in [-0.15, -0.1) is 0 Å². The molecule has 0 radical (unpaired) electrons. The van der Waals surface area contributed by atoms with Crippen molar-refractivity contribution in [3.8, 4) is 0 Å². The van der Waals surface area contributed by atoms with Crippen molar-refractivity contribution in [1.29, 1.82) is 0 Å². The average molecular weight is 262 g/mol. The molecular formula is C15H26N4. The fourth-order valence-electron chi connectivity index (χ4n) is 3.87. The molecule has 19 heavy (non-hydrogen) atoms. The molecule has 2 aliphatic rings. The SMILES string of the molecule is CCC(NC1CCCC1C1CCCN1)c1ncc[nH]1. The Bertz CT molecular complexity index is 370. The largest absolute Gasteiger partial charge is 0.347 e. The first kappa shape index (κ1) is 13.1. The minimum atomic E-state index is 0.377. The van der Waals surface area contributed by atoms with Crippen LogP contribution in [0.4, 0.5) is 0 Å². The molecule has 2 fully saturated rings. The summed E-state index contributed by atoms with van der Waals surface area (Å²) in [6.07, 6.45) is 11.6. The summed E-state index contributed by atoms with van der Waals surface area (Å²) in [7, 11) is 0. The molecule has 106 valence electrons. The van der Waals surface area contributed by atoms with E-state index in [1.54, 1.807) is 0 Å². The van der Waals surface area contributed by atoms with Crippen molar-refractivity contribution in [3.05, 3.63) is 18.2 Å². The first-order valence-corrected chi connectivity index (χ1v) is 7.87. The van der Waals surface area contributed by atoms with E-state index in [9.17, 15) is 0 Å². The lowest BCUT2D eigenvalue weighted by atomic mass is 9.92. The second-order valence-electron chi connectivity index (χ2n) is 6.01. The lowest BCUT2D eigenvalue weighted by Gasteiger charge is -2.29. The van der Waals surface area contributed by atoms with E-state index in [1.165, 1.54) is 38.6 Å². The van der Waals surface area contributed by atoms with Gasteiger partial charge < -0.3 is 15.6 Å². The zero-order valence-corrected chi connectivity index (χ0v) is 11.9. The summed E-state index contributed by atoms with van der Waals surface area (Å²) in [4.78, 5) is 7.68. The van der Waals surface area contributed by atoms with E-state index in [1.807, 2.05) is 12.4 Å². The van der Waals surface area contributed by atoms with E-state index >= 15 is 0 Å². The van der Waals surface area contributed by atoms with Gasteiger partial charge in [0.2, 0.25) is 0 Å². The summed E-state index contributed by atoms with van der Waals surface area (Å²) in [5.41, 5.74) is 0. The summed E-state index contributed by atoms with van der Waals surface area (Å²) in [6, 6.07) is 1.78. The Morgan fingerprint density at radius 1 is 1.37 bits per heavy atom. The van der Waals surface area contributed by atoms with Crippen molar-refractivity contribution in [3.63, 3.8) is 0 Å². The number of hydrogen-bond acceptors (Lipinski definition) is 3. The molecule has 1 aliphatic heterocycles. The number of hydrogen-bond donors (Lipinski definition) is 3. The van der Waals surface area contributed by atoms with Gasteiger partial charge in [-0.2, -0.15) is 0 Å². The fourth-order valence-corrected chi connectivity index (χ4v) is 3.87. The van der Waals surface area contributed by atoms with Crippen LogP contribution in [0, 0.1) is 5.92 Å². The molecule has 4 nitrogen and oxygen atoms in total. The van der Waals surface area contributed by atoms with Crippen molar-refractivity contribution < 1.29 is 0 Å². The maximum Gasteiger partial charge on any atom is 0.123 e. The molecule has 1 saturated carbocycles. The molecule has 0 amide bonds. The van der Waals surface area contributed by atoms with Crippen LogP contribution in [-0.4, -0.2) is 28.6 Å². The molecule has 4 atom stereocenters. The van der Waals surface area contributed by atoms with Gasteiger partial charge in [0.15, 0.2) is 0 Å². The van der Waals surface area contributed by atoms with Crippen LogP contribution in [0.15, 0.2) is 12.4 Å². The molecule has 3 N–H and O–H groups in total. The highest BCUT2D eigenvalue weighted by Gasteiger charge is 2.35. The van der Waals surface area contributed by atoms with Gasteiger partial charge in [0.05, 0.1) is 6.04 Å². The Morgan fingerprint density at radius 2 is 2.32 bits per heavy atom. The van der Waals surface area contributed by atoms with Crippen molar-refractivity contribution in [2.24, 2.45) is 5.92 Å². The monoisotopic (exact) mass is 262 g/mol. The summed E-state index contributed by atoms with van der Waals surface area (Å²) < 4.78 is 0. The van der Waals surface area contributed by atoms with Crippen LogP contribution in [0.2, 0.25) is 0 Å². The van der Waals surface area contributed by atoms with Crippen LogP contribution in [0.3, 0.4) is 0 Å². The van der Waals surface area contributed by atoms with Gasteiger partial charge in [-0.1, -0.05) is 13.3 Å². The summed E-state index contributed by atoms with van der Waals surface area (Å²) in [5, 5.41) is 7.55. The highest BCUT2D eigenvalue weighted by atomic mass is 15.1. The van der Waals surface area contributed by atoms with Gasteiger partial charge >= 0.3 is 0 Å². The Labute approximate surface area is 115 Å². The summed E-state index contributed by atoms with van der Waals surface area (Å²) >= 11 is 0. The molecule has 1 aromatic rings. The van der Waals surface area contributed by atoms with Crippen molar-refractivity contribution >= 4 is 0 Å². The van der Waals surface area contributed by atoms with E-state index in [-0.39, 0.29) is 0 Å². The van der Waals surface area contributed by atoms with Crippen molar-refractivity contribution in [1.82, 2.24) is 20.6 Å². The van der Waals surface area contributed by atoms with E-state index in [0.29, 0.717) is 12.1 Å². The Hall–Kier alpha value is -0.870. The highest BCUT2D eigenvalue weighted by molar-refractivity contribution is 5.00. The van der Waals surface area contributed by atoms with Crippen LogP contribution in [0.1, 0.15) is 57.3 Å². The minimum Gasteiger partial charge on any atom is -0.347 e. The minimum absolute atomic E-state index is 0.377. The first-order chi connectivity index (χ1) is 9.38. The van der Waals surface area contributed by atoms with Gasteiger partial charge in [0.25, 0.3) is 0 Å². The number of aromatic nitrogens is 2. The standard InChI is InChI=1S/C15H26N4/c1-2-12(15-17-9-10-18-15)19-14-6-3-5-11(14)13-7-4-8-16-13/h9-14,16,19H,2-8H2,1H3,(H,17,18). The Kier molecular flexibility index (Phi) is 4.18. The second kappa shape index (κ2) is 6.06. The summed E-state index contributed by atoms with van der Waals surface area (Å²) in [5.74, 6) is 1.90. The fraction of sp³-hybridized carbons (Fsp3) is 0.800. The molecule has 0 bridgehead atoms. The van der Waals surface area contributed by atoms with E-state index in [2.05, 4.69) is 27.5 Å². The predicted molar refractivity (Wildman–Crippen MR) is 76.9 cm³/mol. The van der Waals surface area contributed by atoms with Crippen molar-refractivity contribution in [2.75, 3.05) is 6.54 Å². The van der Waals surface area contributed by atoms with E-state index in [0.717, 1.165) is 24.2 Å². The van der Waals surface area contributed by atoms with Gasteiger partial charge in [-0.25, -0.2) is 4.98 Å². The molecule has 4 unspecified atom stereocenters. The van der Waals surface area contributed by atoms with Crippen LogP contribution < -0.4 is 10.6 Å². The topological polar surface area (TPSA) is 52.7 Å². The first-order valence-electron chi connectivity index (χ1n) is 7.87. The van der Waals surface area contributed by atoms with Gasteiger partial charge in [-0.05, 0) is 44.6 Å². The van der Waals surface area contributed by atoms with E-state index < -0.39 is 0 Å². The second-order valence-corrected chi connectivity index (χ2v) is 6.01. The highest BCUT2D eigenvalue weighted by Crippen LogP contribution is 2.33. The molecule has 4 heteroatoms. The normalized spacial score (nSPS) is 32.8. The molecule has 0 aromatic carbocycles. The number of imidazole rings is 1. The lowest BCUT2D eigenvalue weighted by Crippen LogP contribution is -2.43. The maximum absolute atomic E-state index is 4.42. The molecule has 3 rings (SSSR count). The molecule has 1 saturated heterocycles. The molecule has 0 spiro atoms. The number of H-pyrrole nitrogens is 1. The number of nitrogens with one attached hydrogen (secondary N) is 3. The maximum atomic E-state index is 4.42. The zero-order chi connectivity index (χ0) is 13.1. The van der Waals surface area contributed by atoms with Crippen molar-refractivity contribution in [2.45, 2.75) is 63.6 Å². The van der Waals surface area contributed by atoms with Gasteiger partial charge in [0, 0.05) is 24.5 Å². The predicted octanol–water partition coefficient (Wildman–Crippen LogP) is 2.37. The third kappa shape index (κ3) is 2.84. The average Bonchev–Trinajstić information content (AvgIpc) is 3.15. The Balaban J connectivity index is 1.63. The van der Waals surface area contributed by atoms with Gasteiger partial charge in [0.1, 0.15) is 5.82 Å². The quantitative estimate of drug-likeness (QED) is 0.763. The third-order valence-electron chi connectivity index (χ3n) is 4.86. The summed E-state index contributed by atoms with van der Waals surface area (Å²) in [6.45, 7) is 3.45. The lowest BCUT2D eigenvalue weighted by molar-refractivity contribution is 0.292. The molecular weight excluding hydrogens is 236 g/mol. The number of nitrogens with zero attached hydrogens (tertiary/aromatic N) is 1. The smallest absolute Gasteiger partial charge is 0.123 e. The van der Waals surface area contributed by atoms with Crippen LogP contribution in [-0.2, 0) is 0 Å².